The minimum atomic E-state index is -0.0589. The second-order valence-electron chi connectivity index (χ2n) is 7.74. The number of ether oxygens (including phenoxy) is 3. The van der Waals surface area contributed by atoms with Gasteiger partial charge in [0.1, 0.15) is 0 Å². The molecule has 6 nitrogen and oxygen atoms in total. The lowest BCUT2D eigenvalue weighted by Crippen LogP contribution is -2.29. The lowest BCUT2D eigenvalue weighted by Gasteiger charge is -2.22. The van der Waals surface area contributed by atoms with E-state index in [1.54, 1.807) is 44.8 Å². The molecule has 0 bridgehead atoms. The average molecular weight is 469 g/mol. The fraction of sp³-hybridized carbons (Fsp3) is 0.346. The molecule has 0 unspecified atom stereocenters. The molecule has 0 saturated heterocycles. The molecule has 1 heterocycles. The first-order valence-corrected chi connectivity index (χ1v) is 11.8. The highest BCUT2D eigenvalue weighted by Crippen LogP contribution is 2.39. The number of amides is 1. The van der Waals surface area contributed by atoms with Crippen LogP contribution in [-0.4, -0.2) is 45.2 Å². The van der Waals surface area contributed by atoms with Crippen molar-refractivity contribution in [1.29, 1.82) is 0 Å². The summed E-state index contributed by atoms with van der Waals surface area (Å²) >= 11 is 1.80. The maximum atomic E-state index is 12.8. The van der Waals surface area contributed by atoms with Crippen LogP contribution in [0.15, 0.2) is 54.6 Å². The summed E-state index contributed by atoms with van der Waals surface area (Å²) in [6.07, 6.45) is 1.33. The van der Waals surface area contributed by atoms with Gasteiger partial charge in [-0.2, -0.15) is 0 Å². The summed E-state index contributed by atoms with van der Waals surface area (Å²) in [7, 11) is 4.66. The Kier molecular flexibility index (Phi) is 9.15. The molecule has 33 heavy (non-hydrogen) atoms. The molecule has 0 radical (unpaired) electrons. The molecule has 0 aliphatic rings. The minimum absolute atomic E-state index is 0.0589. The zero-order valence-corrected chi connectivity index (χ0v) is 20.5. The summed E-state index contributed by atoms with van der Waals surface area (Å²) in [5.41, 5.74) is 1.91. The van der Waals surface area contributed by atoms with Gasteiger partial charge >= 0.3 is 0 Å². The zero-order valence-electron chi connectivity index (χ0n) is 19.7. The van der Waals surface area contributed by atoms with Crippen molar-refractivity contribution in [3.63, 3.8) is 0 Å². The number of rotatable bonds is 12. The molecular weight excluding hydrogens is 436 g/mol. The van der Waals surface area contributed by atoms with Gasteiger partial charge in [-0.15, -0.1) is 11.3 Å². The van der Waals surface area contributed by atoms with E-state index in [9.17, 15) is 4.79 Å². The molecule has 7 heteroatoms. The summed E-state index contributed by atoms with van der Waals surface area (Å²) in [6.45, 7) is 4.51. The van der Waals surface area contributed by atoms with Crippen molar-refractivity contribution in [2.75, 3.05) is 39.7 Å². The molecule has 1 N–H and O–H groups in total. The number of aryl methyl sites for hydroxylation is 1. The molecule has 1 aromatic heterocycles. The first-order valence-electron chi connectivity index (χ1n) is 10.9. The molecule has 1 amide bonds. The Morgan fingerprint density at radius 3 is 2.21 bits per heavy atom. The van der Waals surface area contributed by atoms with Crippen molar-refractivity contribution < 1.29 is 19.0 Å². The van der Waals surface area contributed by atoms with Gasteiger partial charge in [-0.05, 0) is 31.0 Å². The lowest BCUT2D eigenvalue weighted by molar-refractivity contribution is -0.116. The fourth-order valence-electron chi connectivity index (χ4n) is 3.63. The van der Waals surface area contributed by atoms with E-state index in [2.05, 4.69) is 53.5 Å². The fourth-order valence-corrected chi connectivity index (χ4v) is 4.56. The second-order valence-corrected chi connectivity index (χ2v) is 9.11. The molecule has 0 aliphatic heterocycles. The molecule has 0 atom stereocenters. The van der Waals surface area contributed by atoms with Crippen molar-refractivity contribution in [1.82, 2.24) is 4.90 Å². The molecule has 3 aromatic rings. The minimum Gasteiger partial charge on any atom is -0.493 e. The predicted octanol–water partition coefficient (Wildman–Crippen LogP) is 5.16. The third-order valence-electron chi connectivity index (χ3n) is 5.34. The van der Waals surface area contributed by atoms with E-state index in [1.165, 1.54) is 15.3 Å². The van der Waals surface area contributed by atoms with Gasteiger partial charge in [-0.3, -0.25) is 9.69 Å². The number of thiophene rings is 1. The largest absolute Gasteiger partial charge is 0.493 e. The molecule has 0 saturated carbocycles. The number of carbonyl (C=O) groups excluding carboxylic acids is 1. The zero-order chi connectivity index (χ0) is 23.6. The van der Waals surface area contributed by atoms with Crippen LogP contribution in [0.5, 0.6) is 17.2 Å². The number of hydrogen-bond donors (Lipinski definition) is 1. The monoisotopic (exact) mass is 468 g/mol. The van der Waals surface area contributed by atoms with E-state index in [0.717, 1.165) is 19.5 Å². The molecule has 176 valence electrons. The molecule has 3 rings (SSSR count). The molecular formula is C26H32N2O4S. The average Bonchev–Trinajstić information content (AvgIpc) is 3.25. The highest BCUT2D eigenvalue weighted by molar-refractivity contribution is 7.11. The SMILES string of the molecule is COc1cc(NC(=O)CCN(CCc2ccccc2)Cc2ccc(C)s2)cc(OC)c1OC. The number of benzene rings is 2. The third-order valence-corrected chi connectivity index (χ3v) is 6.32. The van der Waals surface area contributed by atoms with Gasteiger partial charge < -0.3 is 19.5 Å². The number of anilines is 1. The van der Waals surface area contributed by atoms with Crippen molar-refractivity contribution in [3.8, 4) is 17.2 Å². The molecule has 0 aliphatic carbocycles. The highest BCUT2D eigenvalue weighted by atomic mass is 32.1. The van der Waals surface area contributed by atoms with Crippen LogP contribution < -0.4 is 19.5 Å². The highest BCUT2D eigenvalue weighted by Gasteiger charge is 2.15. The predicted molar refractivity (Wildman–Crippen MR) is 134 cm³/mol. The Morgan fingerprint density at radius 2 is 1.64 bits per heavy atom. The van der Waals surface area contributed by atoms with E-state index in [-0.39, 0.29) is 5.91 Å². The molecule has 2 aromatic carbocycles. The van der Waals surface area contributed by atoms with E-state index < -0.39 is 0 Å². The van der Waals surface area contributed by atoms with Crippen molar-refractivity contribution in [3.05, 3.63) is 69.9 Å². The van der Waals surface area contributed by atoms with Crippen LogP contribution in [0, 0.1) is 6.92 Å². The smallest absolute Gasteiger partial charge is 0.225 e. The summed E-state index contributed by atoms with van der Waals surface area (Å²) in [6, 6.07) is 18.2. The Morgan fingerprint density at radius 1 is 0.939 bits per heavy atom. The van der Waals surface area contributed by atoms with E-state index in [1.807, 2.05) is 6.07 Å². The normalized spacial score (nSPS) is 10.8. The Balaban J connectivity index is 1.63. The van der Waals surface area contributed by atoms with Crippen LogP contribution in [0.3, 0.4) is 0 Å². The maximum Gasteiger partial charge on any atom is 0.225 e. The maximum absolute atomic E-state index is 12.8. The quantitative estimate of drug-likeness (QED) is 0.398. The van der Waals surface area contributed by atoms with Crippen LogP contribution in [0.1, 0.15) is 21.7 Å². The van der Waals surface area contributed by atoms with Crippen molar-refractivity contribution in [2.45, 2.75) is 26.3 Å². The number of nitrogens with one attached hydrogen (secondary N) is 1. The van der Waals surface area contributed by atoms with Crippen LogP contribution in [0.25, 0.3) is 0 Å². The first-order chi connectivity index (χ1) is 16.0. The van der Waals surface area contributed by atoms with Crippen molar-refractivity contribution in [2.24, 2.45) is 0 Å². The Hall–Kier alpha value is -3.03. The van der Waals surface area contributed by atoms with E-state index in [0.29, 0.717) is 35.9 Å². The summed E-state index contributed by atoms with van der Waals surface area (Å²) in [4.78, 5) is 17.7. The van der Waals surface area contributed by atoms with Gasteiger partial charge in [-0.1, -0.05) is 30.3 Å². The van der Waals surface area contributed by atoms with Crippen LogP contribution in [0.2, 0.25) is 0 Å². The lowest BCUT2D eigenvalue weighted by atomic mass is 10.1. The topological polar surface area (TPSA) is 60.0 Å². The number of methoxy groups -OCH3 is 3. The van der Waals surface area contributed by atoms with Gasteiger partial charge in [0, 0.05) is 53.6 Å². The summed E-state index contributed by atoms with van der Waals surface area (Å²) in [5.74, 6) is 1.45. The van der Waals surface area contributed by atoms with Gasteiger partial charge in [0.2, 0.25) is 11.7 Å². The van der Waals surface area contributed by atoms with Gasteiger partial charge in [0.15, 0.2) is 11.5 Å². The van der Waals surface area contributed by atoms with Gasteiger partial charge in [0.05, 0.1) is 21.3 Å². The summed E-state index contributed by atoms with van der Waals surface area (Å²) in [5, 5.41) is 2.96. The summed E-state index contributed by atoms with van der Waals surface area (Å²) < 4.78 is 16.1. The van der Waals surface area contributed by atoms with Crippen LogP contribution in [-0.2, 0) is 17.8 Å². The second kappa shape index (κ2) is 12.3. The Bertz CT molecular complexity index is 1010. The third kappa shape index (κ3) is 7.23. The van der Waals surface area contributed by atoms with Crippen LogP contribution >= 0.6 is 11.3 Å². The number of hydrogen-bond acceptors (Lipinski definition) is 6. The van der Waals surface area contributed by atoms with Crippen molar-refractivity contribution >= 4 is 22.9 Å². The Labute approximate surface area is 200 Å². The number of nitrogens with zero attached hydrogens (tertiary/aromatic N) is 1. The molecule has 0 fully saturated rings. The number of carbonyl (C=O) groups is 1. The van der Waals surface area contributed by atoms with Gasteiger partial charge in [0.25, 0.3) is 0 Å². The van der Waals surface area contributed by atoms with E-state index in [4.69, 9.17) is 14.2 Å². The van der Waals surface area contributed by atoms with Gasteiger partial charge in [-0.25, -0.2) is 0 Å². The first kappa shape index (κ1) is 24.6. The standard InChI is InChI=1S/C26H32N2O4S/c1-19-10-11-22(33-19)18-28(14-12-20-8-6-5-7-9-20)15-13-25(29)27-21-16-23(30-2)26(32-4)24(17-21)31-3/h5-11,16-17H,12-15,18H2,1-4H3,(H,27,29). The molecule has 0 spiro atoms. The van der Waals surface area contributed by atoms with E-state index >= 15 is 0 Å². The van der Waals surface area contributed by atoms with Crippen LogP contribution in [0.4, 0.5) is 5.69 Å².